The third-order valence-corrected chi connectivity index (χ3v) is 5.44. The van der Waals surface area contributed by atoms with Gasteiger partial charge in [-0.3, -0.25) is 0 Å². The summed E-state index contributed by atoms with van der Waals surface area (Å²) in [5, 5.41) is 0. The number of benzene rings is 3. The summed E-state index contributed by atoms with van der Waals surface area (Å²) >= 11 is 5.65. The summed E-state index contributed by atoms with van der Waals surface area (Å²) in [4.78, 5) is 24.4. The number of alkyl halides is 1. The maximum absolute atomic E-state index is 12.4. The molecule has 0 heterocycles. The summed E-state index contributed by atoms with van der Waals surface area (Å²) in [6.45, 7) is 0.779. The first-order chi connectivity index (χ1) is 17.4. The zero-order valence-electron chi connectivity index (χ0n) is 19.8. The number of carbonyl (C=O) groups excluding carboxylic acids is 2. The zero-order chi connectivity index (χ0) is 25.8. The molecule has 0 fully saturated rings. The van der Waals surface area contributed by atoms with Crippen LogP contribution in [0.5, 0.6) is 11.5 Å². The van der Waals surface area contributed by atoms with Gasteiger partial charge in [-0.15, -0.1) is 11.6 Å². The van der Waals surface area contributed by atoms with Crippen molar-refractivity contribution in [1.82, 2.24) is 0 Å². The summed E-state index contributed by atoms with van der Waals surface area (Å²) in [7, 11) is 0. The highest BCUT2D eigenvalue weighted by Gasteiger charge is 2.09. The highest BCUT2D eigenvalue weighted by atomic mass is 35.5. The first-order valence-electron chi connectivity index (χ1n) is 11.5. The summed E-state index contributed by atoms with van der Waals surface area (Å²) in [6.07, 6.45) is 5.23. The fraction of sp³-hybridized carbons (Fsp3) is 0.214. The van der Waals surface area contributed by atoms with Gasteiger partial charge in [0.1, 0.15) is 11.5 Å². The van der Waals surface area contributed by atoms with Crippen molar-refractivity contribution in [3.05, 3.63) is 89.5 Å². The van der Waals surface area contributed by atoms with Gasteiger partial charge in [-0.05, 0) is 78.6 Å². The predicted octanol–water partition coefficient (Wildman–Crippen LogP) is 5.27. The van der Waals surface area contributed by atoms with E-state index in [2.05, 4.69) is 0 Å². The van der Waals surface area contributed by atoms with E-state index in [1.54, 1.807) is 66.7 Å². The first kappa shape index (κ1) is 26.6. The minimum Gasteiger partial charge on any atom is -0.494 e. The number of esters is 2. The molecule has 0 radical (unpaired) electrons. The highest BCUT2D eigenvalue weighted by Crippen LogP contribution is 2.18. The second kappa shape index (κ2) is 13.8. The van der Waals surface area contributed by atoms with Gasteiger partial charge in [-0.1, -0.05) is 18.2 Å². The Morgan fingerprint density at radius 3 is 2.28 bits per heavy atom. The van der Waals surface area contributed by atoms with Gasteiger partial charge in [-0.2, -0.15) is 0 Å². The van der Waals surface area contributed by atoms with Crippen LogP contribution in [0.15, 0.2) is 72.8 Å². The molecule has 3 aromatic rings. The van der Waals surface area contributed by atoms with Crippen LogP contribution in [0, 0.1) is 0 Å². The topological polar surface area (TPSA) is 114 Å². The first-order valence-corrected chi connectivity index (χ1v) is 12.1. The molecule has 4 N–H and O–H groups in total. The van der Waals surface area contributed by atoms with Crippen LogP contribution in [0.3, 0.4) is 0 Å². The summed E-state index contributed by atoms with van der Waals surface area (Å²) in [6, 6.07) is 18.8. The lowest BCUT2D eigenvalue weighted by atomic mass is 10.1. The molecule has 3 aromatic carbocycles. The van der Waals surface area contributed by atoms with Gasteiger partial charge in [0.2, 0.25) is 0 Å². The Bertz CT molecular complexity index is 1180. The van der Waals surface area contributed by atoms with E-state index in [9.17, 15) is 9.59 Å². The molecular formula is C28H29ClN2O5. The highest BCUT2D eigenvalue weighted by molar-refractivity contribution is 6.17. The van der Waals surface area contributed by atoms with Crippen molar-refractivity contribution in [3.63, 3.8) is 0 Å². The molecule has 0 atom stereocenters. The third-order valence-electron chi connectivity index (χ3n) is 5.17. The van der Waals surface area contributed by atoms with Crippen LogP contribution in [0.1, 0.15) is 34.3 Å². The molecule has 7 nitrogen and oxygen atoms in total. The number of rotatable bonds is 12. The Kier molecular flexibility index (Phi) is 10.2. The van der Waals surface area contributed by atoms with Gasteiger partial charge in [0, 0.05) is 29.8 Å². The standard InChI is InChI=1S/C28H29ClN2O5/c29-16-1-2-17-34-24-12-7-22(8-13-24)28(33)36-25-10-3-20(4-11-25)5-14-27(32)35-18-15-21-6-9-23(30)19-26(21)31/h3-14,19H,1-2,15-18,30-31H2. The lowest BCUT2D eigenvalue weighted by Gasteiger charge is -2.07. The number of hydrogen-bond acceptors (Lipinski definition) is 7. The SMILES string of the molecule is Nc1ccc(CCOC(=O)C=Cc2ccc(OC(=O)c3ccc(OCCCCCl)cc3)cc2)c(N)c1. The van der Waals surface area contributed by atoms with Gasteiger partial charge < -0.3 is 25.7 Å². The van der Waals surface area contributed by atoms with Crippen LogP contribution in [-0.2, 0) is 16.0 Å². The molecule has 36 heavy (non-hydrogen) atoms. The molecule has 8 heteroatoms. The number of nitrogen functional groups attached to an aromatic ring is 2. The van der Waals surface area contributed by atoms with Gasteiger partial charge in [-0.25, -0.2) is 9.59 Å². The van der Waals surface area contributed by atoms with Crippen LogP contribution >= 0.6 is 11.6 Å². The molecule has 0 aliphatic rings. The van der Waals surface area contributed by atoms with Crippen LogP contribution < -0.4 is 20.9 Å². The van der Waals surface area contributed by atoms with E-state index in [0.29, 0.717) is 47.3 Å². The maximum atomic E-state index is 12.4. The average Bonchev–Trinajstić information content (AvgIpc) is 2.88. The number of halogens is 1. The van der Waals surface area contributed by atoms with E-state index in [-0.39, 0.29) is 6.61 Å². The minimum absolute atomic E-state index is 0.202. The Balaban J connectivity index is 1.43. The monoisotopic (exact) mass is 508 g/mol. The third kappa shape index (κ3) is 8.67. The second-order valence-corrected chi connectivity index (χ2v) is 8.31. The second-order valence-electron chi connectivity index (χ2n) is 7.94. The van der Waals surface area contributed by atoms with E-state index >= 15 is 0 Å². The Morgan fingerprint density at radius 1 is 0.861 bits per heavy atom. The number of carbonyl (C=O) groups is 2. The molecule has 0 aromatic heterocycles. The van der Waals surface area contributed by atoms with Crippen LogP contribution in [0.25, 0.3) is 6.08 Å². The van der Waals surface area contributed by atoms with Gasteiger partial charge in [0.15, 0.2) is 0 Å². The van der Waals surface area contributed by atoms with E-state index in [0.717, 1.165) is 24.0 Å². The molecule has 0 aliphatic carbocycles. The largest absolute Gasteiger partial charge is 0.494 e. The normalized spacial score (nSPS) is 10.8. The number of anilines is 2. The van der Waals surface area contributed by atoms with Crippen molar-refractivity contribution in [2.24, 2.45) is 0 Å². The quantitative estimate of drug-likeness (QED) is 0.0855. The lowest BCUT2D eigenvalue weighted by Crippen LogP contribution is -2.08. The summed E-state index contributed by atoms with van der Waals surface area (Å²) in [5.41, 5.74) is 14.8. The molecule has 0 saturated carbocycles. The number of hydrogen-bond donors (Lipinski definition) is 2. The van der Waals surface area contributed by atoms with Gasteiger partial charge in [0.05, 0.1) is 18.8 Å². The van der Waals surface area contributed by atoms with Gasteiger partial charge in [0.25, 0.3) is 0 Å². The van der Waals surface area contributed by atoms with Crippen LogP contribution in [0.2, 0.25) is 0 Å². The maximum Gasteiger partial charge on any atom is 0.343 e. The molecule has 0 saturated heterocycles. The molecule has 0 amide bonds. The number of ether oxygens (including phenoxy) is 3. The Hall–Kier alpha value is -3.97. The fourth-order valence-corrected chi connectivity index (χ4v) is 3.39. The van der Waals surface area contributed by atoms with E-state index < -0.39 is 11.9 Å². The van der Waals surface area contributed by atoms with Crippen molar-refractivity contribution in [3.8, 4) is 11.5 Å². The van der Waals surface area contributed by atoms with Crippen molar-refractivity contribution >= 4 is 41.0 Å². The number of nitrogens with two attached hydrogens (primary N) is 2. The Labute approximate surface area is 215 Å². The lowest BCUT2D eigenvalue weighted by molar-refractivity contribution is -0.137. The van der Waals surface area contributed by atoms with E-state index in [1.807, 2.05) is 6.07 Å². The van der Waals surface area contributed by atoms with Crippen molar-refractivity contribution in [2.45, 2.75) is 19.3 Å². The summed E-state index contributed by atoms with van der Waals surface area (Å²) in [5.74, 6) is 0.746. The predicted molar refractivity (Wildman–Crippen MR) is 142 cm³/mol. The van der Waals surface area contributed by atoms with Crippen molar-refractivity contribution in [1.29, 1.82) is 0 Å². The minimum atomic E-state index is -0.475. The molecule has 0 unspecified atom stereocenters. The molecular weight excluding hydrogens is 480 g/mol. The molecule has 3 rings (SSSR count). The molecule has 0 spiro atoms. The molecule has 188 valence electrons. The fourth-order valence-electron chi connectivity index (χ4n) is 3.20. The van der Waals surface area contributed by atoms with Crippen molar-refractivity contribution < 1.29 is 23.8 Å². The molecule has 0 aliphatic heterocycles. The number of unbranched alkanes of at least 4 members (excludes halogenated alkanes) is 1. The van der Waals surface area contributed by atoms with Crippen LogP contribution in [-0.4, -0.2) is 31.0 Å². The average molecular weight is 509 g/mol. The Morgan fingerprint density at radius 2 is 1.58 bits per heavy atom. The smallest absolute Gasteiger partial charge is 0.343 e. The van der Waals surface area contributed by atoms with Gasteiger partial charge >= 0.3 is 11.9 Å². The zero-order valence-corrected chi connectivity index (χ0v) is 20.6. The van der Waals surface area contributed by atoms with E-state index in [1.165, 1.54) is 6.08 Å². The van der Waals surface area contributed by atoms with E-state index in [4.69, 9.17) is 37.3 Å². The summed E-state index contributed by atoms with van der Waals surface area (Å²) < 4.78 is 16.2. The van der Waals surface area contributed by atoms with Crippen molar-refractivity contribution in [2.75, 3.05) is 30.6 Å². The molecule has 0 bridgehead atoms. The van der Waals surface area contributed by atoms with Crippen LogP contribution in [0.4, 0.5) is 11.4 Å².